The van der Waals surface area contributed by atoms with E-state index in [4.69, 9.17) is 10.00 Å². The second-order valence-electron chi connectivity index (χ2n) is 4.48. The number of hydrogen-bond acceptors (Lipinski definition) is 3. The Labute approximate surface area is 127 Å². The Kier molecular flexibility index (Phi) is 4.65. The van der Waals surface area contributed by atoms with E-state index in [2.05, 4.69) is 34.2 Å². The zero-order chi connectivity index (χ0) is 14.5. The van der Waals surface area contributed by atoms with Crippen molar-refractivity contribution in [2.45, 2.75) is 13.0 Å². The first-order chi connectivity index (χ1) is 9.62. The van der Waals surface area contributed by atoms with Gasteiger partial charge in [-0.25, -0.2) is 0 Å². The normalized spacial score (nSPS) is 11.5. The van der Waals surface area contributed by atoms with E-state index in [0.29, 0.717) is 5.56 Å². The van der Waals surface area contributed by atoms with Crippen molar-refractivity contribution in [3.63, 3.8) is 0 Å². The third-order valence-corrected chi connectivity index (χ3v) is 3.49. The number of anilines is 1. The Balaban J connectivity index is 2.16. The fourth-order valence-corrected chi connectivity index (χ4v) is 2.42. The summed E-state index contributed by atoms with van der Waals surface area (Å²) in [7, 11) is 1.65. The maximum Gasteiger partial charge on any atom is 0.122 e. The zero-order valence-electron chi connectivity index (χ0n) is 11.4. The highest BCUT2D eigenvalue weighted by Gasteiger charge is 2.07. The minimum Gasteiger partial charge on any atom is -0.497 e. The SMILES string of the molecule is COc1cc(Br)cc(NC(C)c2ccc(C#N)cc2)c1. The van der Waals surface area contributed by atoms with Crippen molar-refractivity contribution in [2.75, 3.05) is 12.4 Å². The molecule has 0 radical (unpaired) electrons. The van der Waals surface area contributed by atoms with Gasteiger partial charge in [-0.3, -0.25) is 0 Å². The van der Waals surface area contributed by atoms with Gasteiger partial charge in [0.05, 0.1) is 18.7 Å². The molecule has 0 aromatic heterocycles. The largest absolute Gasteiger partial charge is 0.497 e. The van der Waals surface area contributed by atoms with Gasteiger partial charge >= 0.3 is 0 Å². The lowest BCUT2D eigenvalue weighted by Gasteiger charge is -2.16. The highest BCUT2D eigenvalue weighted by Crippen LogP contribution is 2.27. The van der Waals surface area contributed by atoms with Crippen molar-refractivity contribution < 1.29 is 4.74 Å². The van der Waals surface area contributed by atoms with Gasteiger partial charge in [0, 0.05) is 22.3 Å². The van der Waals surface area contributed by atoms with Crippen LogP contribution in [0.25, 0.3) is 0 Å². The molecule has 2 aromatic rings. The fourth-order valence-electron chi connectivity index (χ4n) is 1.94. The van der Waals surface area contributed by atoms with Crippen LogP contribution < -0.4 is 10.1 Å². The number of nitrogens with one attached hydrogen (secondary N) is 1. The molecule has 0 saturated heterocycles. The number of methoxy groups -OCH3 is 1. The topological polar surface area (TPSA) is 45.0 Å². The third-order valence-electron chi connectivity index (χ3n) is 3.03. The molecular weight excluding hydrogens is 316 g/mol. The maximum absolute atomic E-state index is 8.81. The molecule has 102 valence electrons. The van der Waals surface area contributed by atoms with Crippen molar-refractivity contribution in [1.29, 1.82) is 5.26 Å². The number of ether oxygens (including phenoxy) is 1. The van der Waals surface area contributed by atoms with Crippen molar-refractivity contribution >= 4 is 21.6 Å². The molecule has 1 unspecified atom stereocenters. The van der Waals surface area contributed by atoms with Crippen molar-refractivity contribution in [3.8, 4) is 11.8 Å². The average molecular weight is 331 g/mol. The lowest BCUT2D eigenvalue weighted by molar-refractivity contribution is 0.414. The molecule has 0 saturated carbocycles. The van der Waals surface area contributed by atoms with Gasteiger partial charge in [0.1, 0.15) is 5.75 Å². The van der Waals surface area contributed by atoms with Gasteiger partial charge in [0.2, 0.25) is 0 Å². The van der Waals surface area contributed by atoms with E-state index < -0.39 is 0 Å². The molecule has 2 aromatic carbocycles. The predicted molar refractivity (Wildman–Crippen MR) is 83.9 cm³/mol. The van der Waals surface area contributed by atoms with Crippen LogP contribution in [-0.4, -0.2) is 7.11 Å². The summed E-state index contributed by atoms with van der Waals surface area (Å²) in [4.78, 5) is 0. The molecule has 0 aliphatic carbocycles. The summed E-state index contributed by atoms with van der Waals surface area (Å²) in [6.07, 6.45) is 0. The molecule has 1 atom stereocenters. The summed E-state index contributed by atoms with van der Waals surface area (Å²) in [6.45, 7) is 2.08. The lowest BCUT2D eigenvalue weighted by Crippen LogP contribution is -2.06. The average Bonchev–Trinajstić information content (AvgIpc) is 2.46. The second kappa shape index (κ2) is 6.44. The standard InChI is InChI=1S/C16H15BrN2O/c1-11(13-5-3-12(10-18)4-6-13)19-15-7-14(17)8-16(9-15)20-2/h3-9,11,19H,1-2H3. The maximum atomic E-state index is 8.81. The smallest absolute Gasteiger partial charge is 0.122 e. The van der Waals surface area contributed by atoms with Gasteiger partial charge < -0.3 is 10.1 Å². The highest BCUT2D eigenvalue weighted by molar-refractivity contribution is 9.10. The molecule has 0 bridgehead atoms. The van der Waals surface area contributed by atoms with Gasteiger partial charge in [-0.15, -0.1) is 0 Å². The van der Waals surface area contributed by atoms with Crippen molar-refractivity contribution in [3.05, 3.63) is 58.1 Å². The predicted octanol–water partition coefficient (Wildman–Crippen LogP) is 4.50. The van der Waals surface area contributed by atoms with E-state index in [1.807, 2.05) is 42.5 Å². The number of nitriles is 1. The molecule has 2 rings (SSSR count). The molecular formula is C16H15BrN2O. The number of halogens is 1. The zero-order valence-corrected chi connectivity index (χ0v) is 12.9. The van der Waals surface area contributed by atoms with E-state index >= 15 is 0 Å². The molecule has 0 heterocycles. The Bertz CT molecular complexity index is 632. The molecule has 0 fully saturated rings. The molecule has 20 heavy (non-hydrogen) atoms. The first kappa shape index (κ1) is 14.4. The summed E-state index contributed by atoms with van der Waals surface area (Å²) in [6, 6.07) is 15.7. The monoisotopic (exact) mass is 330 g/mol. The number of nitrogens with zero attached hydrogens (tertiary/aromatic N) is 1. The van der Waals surface area contributed by atoms with Crippen LogP contribution in [0.4, 0.5) is 5.69 Å². The van der Waals surface area contributed by atoms with E-state index in [-0.39, 0.29) is 6.04 Å². The minimum absolute atomic E-state index is 0.141. The number of hydrogen-bond donors (Lipinski definition) is 1. The van der Waals surface area contributed by atoms with Gasteiger partial charge in [-0.2, -0.15) is 5.26 Å². The molecule has 1 N–H and O–H groups in total. The Morgan fingerprint density at radius 3 is 2.50 bits per heavy atom. The summed E-state index contributed by atoms with van der Waals surface area (Å²) in [5, 5.41) is 12.2. The quantitative estimate of drug-likeness (QED) is 0.897. The Morgan fingerprint density at radius 1 is 1.20 bits per heavy atom. The van der Waals surface area contributed by atoms with Crippen LogP contribution in [0.3, 0.4) is 0 Å². The Hall–Kier alpha value is -1.99. The van der Waals surface area contributed by atoms with Crippen LogP contribution in [-0.2, 0) is 0 Å². The number of benzene rings is 2. The van der Waals surface area contributed by atoms with Gasteiger partial charge in [0.15, 0.2) is 0 Å². The van der Waals surface area contributed by atoms with Crippen LogP contribution in [0.2, 0.25) is 0 Å². The minimum atomic E-state index is 0.141. The van der Waals surface area contributed by atoms with E-state index in [0.717, 1.165) is 21.5 Å². The molecule has 0 aliphatic rings. The van der Waals surface area contributed by atoms with Crippen molar-refractivity contribution in [2.24, 2.45) is 0 Å². The molecule has 0 spiro atoms. The van der Waals surface area contributed by atoms with E-state index in [1.165, 1.54) is 0 Å². The molecule has 3 nitrogen and oxygen atoms in total. The van der Waals surface area contributed by atoms with Crippen LogP contribution in [0.5, 0.6) is 5.75 Å². The molecule has 0 aliphatic heterocycles. The molecule has 0 amide bonds. The number of rotatable bonds is 4. The van der Waals surface area contributed by atoms with Crippen molar-refractivity contribution in [1.82, 2.24) is 0 Å². The summed E-state index contributed by atoms with van der Waals surface area (Å²) in [5.74, 6) is 0.800. The fraction of sp³-hybridized carbons (Fsp3) is 0.188. The lowest BCUT2D eigenvalue weighted by atomic mass is 10.1. The highest BCUT2D eigenvalue weighted by atomic mass is 79.9. The van der Waals surface area contributed by atoms with Crippen LogP contribution in [0.1, 0.15) is 24.1 Å². The van der Waals surface area contributed by atoms with Crippen LogP contribution >= 0.6 is 15.9 Å². The van der Waals surface area contributed by atoms with Gasteiger partial charge in [-0.05, 0) is 36.8 Å². The van der Waals surface area contributed by atoms with Gasteiger partial charge in [-0.1, -0.05) is 28.1 Å². The Morgan fingerprint density at radius 2 is 1.90 bits per heavy atom. The first-order valence-electron chi connectivity index (χ1n) is 6.23. The van der Waals surface area contributed by atoms with E-state index in [1.54, 1.807) is 7.11 Å². The summed E-state index contributed by atoms with van der Waals surface area (Å²) in [5.41, 5.74) is 2.78. The van der Waals surface area contributed by atoms with Crippen LogP contribution in [0, 0.1) is 11.3 Å². The summed E-state index contributed by atoms with van der Waals surface area (Å²) >= 11 is 3.46. The first-order valence-corrected chi connectivity index (χ1v) is 7.03. The summed E-state index contributed by atoms with van der Waals surface area (Å²) < 4.78 is 6.21. The second-order valence-corrected chi connectivity index (χ2v) is 5.40. The third kappa shape index (κ3) is 3.52. The van der Waals surface area contributed by atoms with E-state index in [9.17, 15) is 0 Å². The van der Waals surface area contributed by atoms with Crippen LogP contribution in [0.15, 0.2) is 46.9 Å². The molecule has 4 heteroatoms. The van der Waals surface area contributed by atoms with Gasteiger partial charge in [0.25, 0.3) is 0 Å².